The van der Waals surface area contributed by atoms with Crippen LogP contribution in [0.3, 0.4) is 0 Å². The minimum atomic E-state index is 0.683. The van der Waals surface area contributed by atoms with Gasteiger partial charge in [0.15, 0.2) is 0 Å². The van der Waals surface area contributed by atoms with Crippen molar-refractivity contribution in [3.8, 4) is 0 Å². The molecule has 1 aromatic rings. The second-order valence-corrected chi connectivity index (χ2v) is 3.53. The highest BCUT2D eigenvalue weighted by molar-refractivity contribution is 8.00. The van der Waals surface area contributed by atoms with E-state index in [0.29, 0.717) is 5.25 Å². The fourth-order valence-electron chi connectivity index (χ4n) is 0.780. The standard InChI is InChI=1S/C9H8S/c1-2-4-8(5-3-1)10-9-6-7-9/h1-7,9H. The lowest BCUT2D eigenvalue weighted by Crippen LogP contribution is -1.74. The third-order valence-electron chi connectivity index (χ3n) is 1.36. The fraction of sp³-hybridized carbons (Fsp3) is 0.111. The van der Waals surface area contributed by atoms with Gasteiger partial charge in [-0.05, 0) is 12.1 Å². The van der Waals surface area contributed by atoms with Gasteiger partial charge in [-0.25, -0.2) is 0 Å². The highest BCUT2D eigenvalue weighted by atomic mass is 32.2. The Morgan fingerprint density at radius 2 is 1.70 bits per heavy atom. The van der Waals surface area contributed by atoms with Gasteiger partial charge in [-0.2, -0.15) is 0 Å². The van der Waals surface area contributed by atoms with Crippen molar-refractivity contribution < 1.29 is 0 Å². The molecule has 1 aromatic carbocycles. The van der Waals surface area contributed by atoms with Crippen molar-refractivity contribution in [1.82, 2.24) is 0 Å². The minimum Gasteiger partial charge on any atom is -0.114 e. The van der Waals surface area contributed by atoms with E-state index in [4.69, 9.17) is 0 Å². The Balaban J connectivity index is 2.04. The summed E-state index contributed by atoms with van der Waals surface area (Å²) in [4.78, 5) is 1.36. The Bertz CT molecular complexity index is 232. The van der Waals surface area contributed by atoms with Crippen LogP contribution in [0.1, 0.15) is 0 Å². The quantitative estimate of drug-likeness (QED) is 0.581. The summed E-state index contributed by atoms with van der Waals surface area (Å²) in [5.74, 6) is 0. The third kappa shape index (κ3) is 1.42. The summed E-state index contributed by atoms with van der Waals surface area (Å²) in [6.45, 7) is 0. The zero-order valence-corrected chi connectivity index (χ0v) is 6.34. The summed E-state index contributed by atoms with van der Waals surface area (Å²) in [5, 5.41) is 0.683. The Labute approximate surface area is 65.0 Å². The molecule has 50 valence electrons. The lowest BCUT2D eigenvalue weighted by Gasteiger charge is -1.95. The summed E-state index contributed by atoms with van der Waals surface area (Å²) < 4.78 is 0. The molecule has 0 nitrogen and oxygen atoms in total. The van der Waals surface area contributed by atoms with Crippen LogP contribution in [0.25, 0.3) is 0 Å². The number of thioether (sulfide) groups is 1. The van der Waals surface area contributed by atoms with E-state index < -0.39 is 0 Å². The molecule has 10 heavy (non-hydrogen) atoms. The van der Waals surface area contributed by atoms with Crippen LogP contribution in [0.15, 0.2) is 47.4 Å². The van der Waals surface area contributed by atoms with E-state index in [1.54, 1.807) is 0 Å². The number of hydrogen-bond donors (Lipinski definition) is 0. The van der Waals surface area contributed by atoms with Gasteiger partial charge >= 0.3 is 0 Å². The van der Waals surface area contributed by atoms with E-state index in [1.807, 2.05) is 17.8 Å². The van der Waals surface area contributed by atoms with Crippen molar-refractivity contribution in [2.45, 2.75) is 10.1 Å². The van der Waals surface area contributed by atoms with Gasteiger partial charge in [0.2, 0.25) is 0 Å². The molecule has 0 spiro atoms. The van der Waals surface area contributed by atoms with Crippen LogP contribution in [0.4, 0.5) is 0 Å². The minimum absolute atomic E-state index is 0.683. The topological polar surface area (TPSA) is 0 Å². The van der Waals surface area contributed by atoms with Gasteiger partial charge in [0.1, 0.15) is 0 Å². The summed E-state index contributed by atoms with van der Waals surface area (Å²) in [6, 6.07) is 10.5. The van der Waals surface area contributed by atoms with Gasteiger partial charge in [-0.3, -0.25) is 0 Å². The van der Waals surface area contributed by atoms with Crippen molar-refractivity contribution in [2.75, 3.05) is 0 Å². The summed E-state index contributed by atoms with van der Waals surface area (Å²) in [5.41, 5.74) is 0. The van der Waals surface area contributed by atoms with E-state index in [1.165, 1.54) is 4.90 Å². The predicted molar refractivity (Wildman–Crippen MR) is 45.2 cm³/mol. The molecule has 0 aromatic heterocycles. The van der Waals surface area contributed by atoms with Gasteiger partial charge in [0.05, 0.1) is 0 Å². The smallest absolute Gasteiger partial charge is 0.0456 e. The lowest BCUT2D eigenvalue weighted by molar-refractivity contribution is 1.45. The Kier molecular flexibility index (Phi) is 1.52. The molecular weight excluding hydrogens is 140 g/mol. The average molecular weight is 148 g/mol. The summed E-state index contributed by atoms with van der Waals surface area (Å²) in [6.07, 6.45) is 4.41. The first-order valence-electron chi connectivity index (χ1n) is 3.35. The van der Waals surface area contributed by atoms with Crippen LogP contribution in [0.2, 0.25) is 0 Å². The highest BCUT2D eigenvalue weighted by Crippen LogP contribution is 2.30. The van der Waals surface area contributed by atoms with E-state index in [9.17, 15) is 0 Å². The lowest BCUT2D eigenvalue weighted by atomic mass is 10.4. The summed E-state index contributed by atoms with van der Waals surface area (Å²) >= 11 is 1.90. The van der Waals surface area contributed by atoms with Crippen LogP contribution >= 0.6 is 11.8 Å². The van der Waals surface area contributed by atoms with E-state index in [2.05, 4.69) is 36.4 Å². The SMILES string of the molecule is C1=CC1Sc1ccccc1. The van der Waals surface area contributed by atoms with Crippen molar-refractivity contribution in [2.24, 2.45) is 0 Å². The highest BCUT2D eigenvalue weighted by Gasteiger charge is 2.10. The first-order valence-corrected chi connectivity index (χ1v) is 4.23. The molecule has 0 aliphatic heterocycles. The normalized spacial score (nSPS) is 15.6. The molecule has 0 N–H and O–H groups in total. The first kappa shape index (κ1) is 6.05. The monoisotopic (exact) mass is 148 g/mol. The Morgan fingerprint density at radius 3 is 2.30 bits per heavy atom. The Morgan fingerprint density at radius 1 is 1.00 bits per heavy atom. The van der Waals surface area contributed by atoms with Gasteiger partial charge in [0, 0.05) is 10.1 Å². The molecule has 1 aliphatic carbocycles. The molecule has 0 saturated carbocycles. The van der Waals surface area contributed by atoms with Crippen LogP contribution in [0.5, 0.6) is 0 Å². The molecule has 0 atom stereocenters. The molecule has 0 amide bonds. The second kappa shape index (κ2) is 2.51. The van der Waals surface area contributed by atoms with Gasteiger partial charge in [0.25, 0.3) is 0 Å². The van der Waals surface area contributed by atoms with E-state index in [-0.39, 0.29) is 0 Å². The maximum atomic E-state index is 2.21. The van der Waals surface area contributed by atoms with Crippen LogP contribution < -0.4 is 0 Å². The zero-order chi connectivity index (χ0) is 6.81. The van der Waals surface area contributed by atoms with Crippen molar-refractivity contribution in [3.05, 3.63) is 42.5 Å². The van der Waals surface area contributed by atoms with Crippen LogP contribution in [-0.4, -0.2) is 5.25 Å². The molecule has 0 unspecified atom stereocenters. The fourth-order valence-corrected chi connectivity index (χ4v) is 1.66. The Hall–Kier alpha value is -0.690. The van der Waals surface area contributed by atoms with Gasteiger partial charge in [-0.1, -0.05) is 30.4 Å². The molecule has 0 heterocycles. The van der Waals surface area contributed by atoms with E-state index in [0.717, 1.165) is 0 Å². The van der Waals surface area contributed by atoms with Gasteiger partial charge < -0.3 is 0 Å². The molecular formula is C9H8S. The van der Waals surface area contributed by atoms with Crippen molar-refractivity contribution in [1.29, 1.82) is 0 Å². The zero-order valence-electron chi connectivity index (χ0n) is 5.53. The van der Waals surface area contributed by atoms with Crippen molar-refractivity contribution in [3.63, 3.8) is 0 Å². The number of hydrogen-bond acceptors (Lipinski definition) is 1. The van der Waals surface area contributed by atoms with E-state index >= 15 is 0 Å². The number of rotatable bonds is 2. The van der Waals surface area contributed by atoms with Crippen LogP contribution in [-0.2, 0) is 0 Å². The predicted octanol–water partition coefficient (Wildman–Crippen LogP) is 2.72. The maximum Gasteiger partial charge on any atom is 0.0456 e. The molecule has 1 heteroatoms. The molecule has 0 saturated heterocycles. The maximum absolute atomic E-state index is 2.21. The molecule has 0 bridgehead atoms. The molecule has 1 aliphatic rings. The first-order chi connectivity index (χ1) is 4.95. The second-order valence-electron chi connectivity index (χ2n) is 2.28. The molecule has 0 fully saturated rings. The van der Waals surface area contributed by atoms with Crippen molar-refractivity contribution >= 4 is 11.8 Å². The average Bonchev–Trinajstić information content (AvgIpc) is 2.74. The third-order valence-corrected chi connectivity index (χ3v) is 2.50. The molecule has 2 rings (SSSR count). The summed E-state index contributed by atoms with van der Waals surface area (Å²) in [7, 11) is 0. The van der Waals surface area contributed by atoms with Crippen LogP contribution in [0, 0.1) is 0 Å². The van der Waals surface area contributed by atoms with Gasteiger partial charge in [-0.15, -0.1) is 11.8 Å². The largest absolute Gasteiger partial charge is 0.114 e. The number of benzene rings is 1. The molecule has 0 radical (unpaired) electrons.